The highest BCUT2D eigenvalue weighted by atomic mass is 32.2. The fraction of sp³-hybridized carbons (Fsp3) is 0. The van der Waals surface area contributed by atoms with Crippen LogP contribution in [0.2, 0.25) is 0 Å². The van der Waals surface area contributed by atoms with Crippen molar-refractivity contribution >= 4 is 32.5 Å². The lowest BCUT2D eigenvalue weighted by Crippen LogP contribution is -2.11. The highest BCUT2D eigenvalue weighted by molar-refractivity contribution is 7.92. The smallest absolute Gasteiger partial charge is 0.371 e. The van der Waals surface area contributed by atoms with Gasteiger partial charge in [-0.3, -0.25) is 4.72 Å². The van der Waals surface area contributed by atoms with Gasteiger partial charge in [0.2, 0.25) is 10.9 Å². The molecule has 17 heavy (non-hydrogen) atoms. The van der Waals surface area contributed by atoms with Crippen LogP contribution in [0.3, 0.4) is 0 Å². The Hall–Kier alpha value is -1.94. The third-order valence-electron chi connectivity index (χ3n) is 1.65. The first-order chi connectivity index (χ1) is 7.99. The van der Waals surface area contributed by atoms with Crippen LogP contribution in [0.25, 0.3) is 0 Å². The van der Waals surface area contributed by atoms with Crippen molar-refractivity contribution in [1.29, 1.82) is 0 Å². The number of rotatable bonds is 4. The number of nitrogens with zero attached hydrogens (tertiary/aromatic N) is 2. The van der Waals surface area contributed by atoms with Crippen LogP contribution in [0.5, 0.6) is 0 Å². The lowest BCUT2D eigenvalue weighted by atomic mass is 10.5. The SMILES string of the molecule is O=C(O)c1ccc(S(=O)(=O)Nc2cnns2)o1. The summed E-state index contributed by atoms with van der Waals surface area (Å²) in [6.07, 6.45) is 1.23. The monoisotopic (exact) mass is 275 g/mol. The fourth-order valence-electron chi connectivity index (χ4n) is 0.974. The number of nitrogens with one attached hydrogen (secondary N) is 1. The summed E-state index contributed by atoms with van der Waals surface area (Å²) in [5.41, 5.74) is 0. The molecule has 0 aliphatic heterocycles. The topological polar surface area (TPSA) is 122 Å². The van der Waals surface area contributed by atoms with E-state index >= 15 is 0 Å². The number of carboxylic acids is 1. The van der Waals surface area contributed by atoms with Gasteiger partial charge in [0, 0.05) is 11.5 Å². The number of aromatic carboxylic acids is 1. The highest BCUT2D eigenvalue weighted by Crippen LogP contribution is 2.19. The van der Waals surface area contributed by atoms with Crippen molar-refractivity contribution in [2.24, 2.45) is 0 Å². The van der Waals surface area contributed by atoms with Gasteiger partial charge in [-0.2, -0.15) is 8.42 Å². The molecule has 0 fully saturated rings. The molecule has 0 aliphatic rings. The third-order valence-corrected chi connectivity index (χ3v) is 3.60. The molecule has 0 saturated heterocycles. The summed E-state index contributed by atoms with van der Waals surface area (Å²) >= 11 is 0.848. The van der Waals surface area contributed by atoms with Crippen molar-refractivity contribution in [3.63, 3.8) is 0 Å². The van der Waals surface area contributed by atoms with Crippen LogP contribution in [0.15, 0.2) is 27.8 Å². The molecule has 0 spiro atoms. The van der Waals surface area contributed by atoms with E-state index in [1.165, 1.54) is 6.20 Å². The minimum atomic E-state index is -3.95. The molecule has 0 aliphatic carbocycles. The van der Waals surface area contributed by atoms with Crippen molar-refractivity contribution in [3.8, 4) is 0 Å². The first-order valence-corrected chi connectivity index (χ1v) is 6.38. The Morgan fingerprint density at radius 1 is 1.47 bits per heavy atom. The zero-order valence-corrected chi connectivity index (χ0v) is 9.66. The first kappa shape index (κ1) is 11.5. The Balaban J connectivity index is 2.28. The molecule has 0 saturated carbocycles. The van der Waals surface area contributed by atoms with Crippen molar-refractivity contribution in [2.75, 3.05) is 4.72 Å². The summed E-state index contributed by atoms with van der Waals surface area (Å²) in [6, 6.07) is 2.11. The highest BCUT2D eigenvalue weighted by Gasteiger charge is 2.21. The van der Waals surface area contributed by atoms with E-state index in [1.807, 2.05) is 0 Å². The summed E-state index contributed by atoms with van der Waals surface area (Å²) in [6.45, 7) is 0. The van der Waals surface area contributed by atoms with E-state index < -0.39 is 26.8 Å². The van der Waals surface area contributed by atoms with Crippen molar-refractivity contribution in [1.82, 2.24) is 9.59 Å². The van der Waals surface area contributed by atoms with Crippen LogP contribution < -0.4 is 4.72 Å². The maximum absolute atomic E-state index is 11.7. The van der Waals surface area contributed by atoms with Gasteiger partial charge in [-0.15, -0.1) is 5.10 Å². The van der Waals surface area contributed by atoms with Gasteiger partial charge >= 0.3 is 5.97 Å². The zero-order valence-electron chi connectivity index (χ0n) is 8.02. The molecule has 2 rings (SSSR count). The minimum absolute atomic E-state index is 0.207. The second kappa shape index (κ2) is 4.14. The molecular weight excluding hydrogens is 270 g/mol. The maximum Gasteiger partial charge on any atom is 0.371 e. The van der Waals surface area contributed by atoms with E-state index in [0.717, 1.165) is 23.7 Å². The van der Waals surface area contributed by atoms with E-state index in [-0.39, 0.29) is 5.00 Å². The lowest BCUT2D eigenvalue weighted by Gasteiger charge is -2.00. The fourth-order valence-corrected chi connectivity index (χ4v) is 2.59. The molecule has 2 aromatic heterocycles. The molecule has 2 aromatic rings. The second-order valence-electron chi connectivity index (χ2n) is 2.81. The normalized spacial score (nSPS) is 11.3. The molecule has 2 N–H and O–H groups in total. The molecule has 0 bridgehead atoms. The number of hydrogen-bond donors (Lipinski definition) is 2. The van der Waals surface area contributed by atoms with E-state index in [0.29, 0.717) is 0 Å². The van der Waals surface area contributed by atoms with E-state index in [2.05, 4.69) is 18.7 Å². The largest absolute Gasteiger partial charge is 0.475 e. The summed E-state index contributed by atoms with van der Waals surface area (Å²) in [5, 5.41) is 11.8. The number of carbonyl (C=O) groups is 1. The van der Waals surface area contributed by atoms with Crippen molar-refractivity contribution in [2.45, 2.75) is 5.09 Å². The number of anilines is 1. The molecule has 90 valence electrons. The second-order valence-corrected chi connectivity index (χ2v) is 5.21. The molecule has 0 unspecified atom stereocenters. The van der Waals surface area contributed by atoms with Gasteiger partial charge in [0.15, 0.2) is 0 Å². The molecule has 0 aromatic carbocycles. The predicted octanol–water partition coefficient (Wildman–Crippen LogP) is 0.630. The van der Waals surface area contributed by atoms with Crippen molar-refractivity contribution in [3.05, 3.63) is 24.1 Å². The predicted molar refractivity (Wildman–Crippen MR) is 56.4 cm³/mol. The van der Waals surface area contributed by atoms with Crippen LogP contribution >= 0.6 is 11.5 Å². The van der Waals surface area contributed by atoms with Gasteiger partial charge in [-0.05, 0) is 12.1 Å². The Labute approximate surface area is 99.1 Å². The van der Waals surface area contributed by atoms with Crippen LogP contribution in [0, 0.1) is 0 Å². The van der Waals surface area contributed by atoms with Gasteiger partial charge in [-0.25, -0.2) is 4.79 Å². The number of aromatic nitrogens is 2. The number of carboxylic acid groups (broad SMARTS) is 1. The first-order valence-electron chi connectivity index (χ1n) is 4.12. The summed E-state index contributed by atoms with van der Waals surface area (Å²) in [7, 11) is -3.95. The summed E-state index contributed by atoms with van der Waals surface area (Å²) in [4.78, 5) is 10.5. The van der Waals surface area contributed by atoms with Crippen LogP contribution in [-0.4, -0.2) is 29.1 Å². The molecule has 2 heterocycles. The van der Waals surface area contributed by atoms with Gasteiger partial charge in [0.25, 0.3) is 10.0 Å². The minimum Gasteiger partial charge on any atom is -0.475 e. The molecule has 0 atom stereocenters. The number of furan rings is 1. The Morgan fingerprint density at radius 3 is 2.76 bits per heavy atom. The van der Waals surface area contributed by atoms with Crippen molar-refractivity contribution < 1.29 is 22.7 Å². The molecule has 0 amide bonds. The van der Waals surface area contributed by atoms with Crippen LogP contribution in [0.1, 0.15) is 10.6 Å². The Morgan fingerprint density at radius 2 is 2.24 bits per heavy atom. The molecular formula is C7H5N3O5S2. The Kier molecular flexibility index (Phi) is 2.81. The average molecular weight is 275 g/mol. The molecule has 8 nitrogen and oxygen atoms in total. The van der Waals surface area contributed by atoms with E-state index in [9.17, 15) is 13.2 Å². The number of hydrogen-bond acceptors (Lipinski definition) is 7. The average Bonchev–Trinajstić information content (AvgIpc) is 2.84. The quantitative estimate of drug-likeness (QED) is 0.838. The Bertz CT molecular complexity index is 630. The van der Waals surface area contributed by atoms with Crippen LogP contribution in [-0.2, 0) is 10.0 Å². The molecule has 0 radical (unpaired) electrons. The summed E-state index contributed by atoms with van der Waals surface area (Å²) < 4.78 is 33.7. The summed E-state index contributed by atoms with van der Waals surface area (Å²) in [5.74, 6) is -1.79. The van der Waals surface area contributed by atoms with Gasteiger partial charge in [-0.1, -0.05) is 4.49 Å². The van der Waals surface area contributed by atoms with E-state index in [1.54, 1.807) is 0 Å². The van der Waals surface area contributed by atoms with Gasteiger partial charge < -0.3 is 9.52 Å². The van der Waals surface area contributed by atoms with Gasteiger partial charge in [0.05, 0.1) is 6.20 Å². The number of sulfonamides is 1. The van der Waals surface area contributed by atoms with Gasteiger partial charge in [0.1, 0.15) is 5.00 Å². The van der Waals surface area contributed by atoms with Crippen LogP contribution in [0.4, 0.5) is 5.00 Å². The third kappa shape index (κ3) is 2.42. The standard InChI is InChI=1S/C7H5N3O5S2/c11-7(12)4-1-2-6(15-4)17(13,14)9-5-3-8-10-16-5/h1-3,9H,(H,11,12). The zero-order chi connectivity index (χ0) is 12.5. The maximum atomic E-state index is 11.7. The lowest BCUT2D eigenvalue weighted by molar-refractivity contribution is 0.0656. The molecule has 10 heteroatoms. The van der Waals surface area contributed by atoms with E-state index in [4.69, 9.17) is 5.11 Å².